The summed E-state index contributed by atoms with van der Waals surface area (Å²) in [5.74, 6) is -2.25. The molecule has 1 rings (SSSR count). The summed E-state index contributed by atoms with van der Waals surface area (Å²) in [5, 5.41) is 0. The van der Waals surface area contributed by atoms with Gasteiger partial charge in [0.1, 0.15) is 0 Å². The Morgan fingerprint density at radius 3 is 1.33 bits per heavy atom. The Morgan fingerprint density at radius 2 is 1.33 bits per heavy atom. The van der Waals surface area contributed by atoms with E-state index in [1.807, 2.05) is 0 Å². The van der Waals surface area contributed by atoms with Gasteiger partial charge in [-0.2, -0.15) is 0 Å². The van der Waals surface area contributed by atoms with Crippen LogP contribution in [-0.4, -0.2) is 5.92 Å². The zero-order valence-electron chi connectivity index (χ0n) is 3.08. The molecule has 0 aromatic heterocycles. The molecule has 1 aliphatic rings. The lowest BCUT2D eigenvalue weighted by atomic mass is 10.8. The minimum absolute atomic E-state index is 0. The molecular weight excluding hydrogens is 109 g/mol. The topological polar surface area (TPSA) is 0 Å². The summed E-state index contributed by atoms with van der Waals surface area (Å²) in [4.78, 5) is 0. The molecule has 1 fully saturated rings. The molecule has 1 saturated carbocycles. The summed E-state index contributed by atoms with van der Waals surface area (Å²) in [7, 11) is 0. The highest BCUT2D eigenvalue weighted by atomic mass is 35.5. The molecule has 0 heterocycles. The minimum Gasteiger partial charge on any atom is -0.207 e. The van der Waals surface area contributed by atoms with Crippen LogP contribution >= 0.6 is 12.4 Å². The average Bonchev–Trinajstić information content (AvgIpc) is 1.76. The maximum Gasteiger partial charge on any atom is 0.248 e. The third-order valence-corrected chi connectivity index (χ3v) is 0.628. The predicted molar refractivity (Wildman–Crippen MR) is 21.4 cm³/mol. The second kappa shape index (κ2) is 1.34. The van der Waals surface area contributed by atoms with Gasteiger partial charge in [0, 0.05) is 12.8 Å². The fourth-order valence-corrected chi connectivity index (χ4v) is 0.0945. The normalized spacial score (nSPS) is 25.0. The van der Waals surface area contributed by atoms with Crippen LogP contribution in [0.1, 0.15) is 12.8 Å². The van der Waals surface area contributed by atoms with Crippen molar-refractivity contribution in [3.05, 3.63) is 0 Å². The Kier molecular flexibility index (Phi) is 1.37. The summed E-state index contributed by atoms with van der Waals surface area (Å²) < 4.78 is 22.3. The summed E-state index contributed by atoms with van der Waals surface area (Å²) in [6.45, 7) is 0. The Balaban J connectivity index is 0.000000250. The van der Waals surface area contributed by atoms with Crippen LogP contribution < -0.4 is 0 Å². The van der Waals surface area contributed by atoms with Gasteiger partial charge >= 0.3 is 0 Å². The van der Waals surface area contributed by atoms with Crippen molar-refractivity contribution in [3.63, 3.8) is 0 Å². The van der Waals surface area contributed by atoms with Crippen LogP contribution in [0.25, 0.3) is 0 Å². The lowest BCUT2D eigenvalue weighted by Gasteiger charge is -1.76. The summed E-state index contributed by atoms with van der Waals surface area (Å²) in [5.41, 5.74) is 0. The maximum absolute atomic E-state index is 11.1. The molecule has 38 valence electrons. The molecule has 6 heavy (non-hydrogen) atoms. The first kappa shape index (κ1) is 6.15. The Morgan fingerprint density at radius 1 is 1.17 bits per heavy atom. The molecular formula is C3H5ClF2. The van der Waals surface area contributed by atoms with Gasteiger partial charge in [0.2, 0.25) is 5.92 Å². The molecule has 1 aliphatic carbocycles. The fraction of sp³-hybridized carbons (Fsp3) is 1.00. The summed E-state index contributed by atoms with van der Waals surface area (Å²) >= 11 is 0. The first-order valence-electron chi connectivity index (χ1n) is 1.59. The van der Waals surface area contributed by atoms with E-state index in [9.17, 15) is 8.78 Å². The van der Waals surface area contributed by atoms with Crippen LogP contribution in [-0.2, 0) is 0 Å². The lowest BCUT2D eigenvalue weighted by molar-refractivity contribution is 0.120. The third kappa shape index (κ3) is 1.55. The molecule has 0 unspecified atom stereocenters. The van der Waals surface area contributed by atoms with Gasteiger partial charge in [-0.05, 0) is 0 Å². The van der Waals surface area contributed by atoms with E-state index in [0.717, 1.165) is 0 Å². The molecule has 0 N–H and O–H groups in total. The average molecular weight is 115 g/mol. The van der Waals surface area contributed by atoms with Crippen LogP contribution in [0.15, 0.2) is 0 Å². The molecule has 0 radical (unpaired) electrons. The zero-order valence-corrected chi connectivity index (χ0v) is 3.89. The lowest BCUT2D eigenvalue weighted by Crippen LogP contribution is -1.79. The van der Waals surface area contributed by atoms with E-state index in [4.69, 9.17) is 0 Å². The highest BCUT2D eigenvalue weighted by Crippen LogP contribution is 2.40. The largest absolute Gasteiger partial charge is 0.248 e. The van der Waals surface area contributed by atoms with Crippen LogP contribution in [0.4, 0.5) is 8.78 Å². The van der Waals surface area contributed by atoms with Crippen molar-refractivity contribution in [2.45, 2.75) is 18.8 Å². The Labute approximate surface area is 40.9 Å². The van der Waals surface area contributed by atoms with Crippen molar-refractivity contribution in [2.24, 2.45) is 0 Å². The highest BCUT2D eigenvalue weighted by Gasteiger charge is 2.43. The first-order chi connectivity index (χ1) is 2.21. The van der Waals surface area contributed by atoms with Gasteiger partial charge in [-0.3, -0.25) is 0 Å². The third-order valence-electron chi connectivity index (χ3n) is 0.628. The van der Waals surface area contributed by atoms with Gasteiger partial charge in [-0.25, -0.2) is 8.78 Å². The molecule has 0 aromatic rings. The Bertz CT molecular complexity index is 46.8. The van der Waals surface area contributed by atoms with Gasteiger partial charge < -0.3 is 0 Å². The van der Waals surface area contributed by atoms with Crippen molar-refractivity contribution in [1.82, 2.24) is 0 Å². The standard InChI is InChI=1S/C3H4F2.ClH/c4-3(5)1-2-3;/h1-2H2;1H. The number of hydrogen-bond acceptors (Lipinski definition) is 0. The molecule has 0 nitrogen and oxygen atoms in total. The molecule has 0 saturated heterocycles. The molecule has 0 atom stereocenters. The van der Waals surface area contributed by atoms with Crippen LogP contribution in [0.3, 0.4) is 0 Å². The number of rotatable bonds is 0. The van der Waals surface area contributed by atoms with Crippen LogP contribution in [0.2, 0.25) is 0 Å². The Hall–Kier alpha value is 0.150. The van der Waals surface area contributed by atoms with Crippen molar-refractivity contribution >= 4 is 12.4 Å². The minimum atomic E-state index is -2.25. The van der Waals surface area contributed by atoms with Crippen molar-refractivity contribution in [1.29, 1.82) is 0 Å². The van der Waals surface area contributed by atoms with Gasteiger partial charge in [-0.1, -0.05) is 0 Å². The second-order valence-corrected chi connectivity index (χ2v) is 1.36. The van der Waals surface area contributed by atoms with E-state index < -0.39 is 5.92 Å². The van der Waals surface area contributed by atoms with Crippen molar-refractivity contribution in [2.75, 3.05) is 0 Å². The van der Waals surface area contributed by atoms with Gasteiger partial charge in [0.05, 0.1) is 0 Å². The smallest absolute Gasteiger partial charge is 0.207 e. The number of alkyl halides is 2. The van der Waals surface area contributed by atoms with Crippen LogP contribution in [0, 0.1) is 0 Å². The monoisotopic (exact) mass is 114 g/mol. The van der Waals surface area contributed by atoms with E-state index in [0.29, 0.717) is 0 Å². The fourth-order valence-electron chi connectivity index (χ4n) is 0.0945. The van der Waals surface area contributed by atoms with Gasteiger partial charge in [0.25, 0.3) is 0 Å². The first-order valence-corrected chi connectivity index (χ1v) is 1.59. The van der Waals surface area contributed by atoms with Crippen molar-refractivity contribution in [3.8, 4) is 0 Å². The predicted octanol–water partition coefficient (Wildman–Crippen LogP) is 1.84. The molecule has 3 heteroatoms. The van der Waals surface area contributed by atoms with E-state index in [1.165, 1.54) is 0 Å². The summed E-state index contributed by atoms with van der Waals surface area (Å²) in [6, 6.07) is 0. The molecule has 0 aromatic carbocycles. The van der Waals surface area contributed by atoms with E-state index in [1.54, 1.807) is 0 Å². The van der Waals surface area contributed by atoms with Gasteiger partial charge in [-0.15, -0.1) is 12.4 Å². The van der Waals surface area contributed by atoms with Crippen molar-refractivity contribution < 1.29 is 8.78 Å². The number of hydrogen-bond donors (Lipinski definition) is 0. The quantitative estimate of drug-likeness (QED) is 0.451. The highest BCUT2D eigenvalue weighted by molar-refractivity contribution is 5.85. The van der Waals surface area contributed by atoms with Crippen LogP contribution in [0.5, 0.6) is 0 Å². The maximum atomic E-state index is 11.1. The SMILES string of the molecule is Cl.FC1(F)CC1. The molecule has 0 aliphatic heterocycles. The zero-order chi connectivity index (χ0) is 3.91. The van der Waals surface area contributed by atoms with Gasteiger partial charge in [0.15, 0.2) is 0 Å². The van der Waals surface area contributed by atoms with E-state index >= 15 is 0 Å². The molecule has 0 amide bonds. The van der Waals surface area contributed by atoms with E-state index in [-0.39, 0.29) is 25.2 Å². The number of halogens is 3. The molecule has 0 bridgehead atoms. The summed E-state index contributed by atoms with van der Waals surface area (Å²) in [6.07, 6.45) is 0.236. The van der Waals surface area contributed by atoms with E-state index in [2.05, 4.69) is 0 Å². The molecule has 0 spiro atoms. The second-order valence-electron chi connectivity index (χ2n) is 1.36.